The molecule has 1 heteroatoms. The molecular formula is C8H20Si. The molecule has 0 aliphatic heterocycles. The third kappa shape index (κ3) is 3.04. The fraction of sp³-hybridized carbons (Fsp3) is 1.00. The van der Waals surface area contributed by atoms with Gasteiger partial charge in [-0.3, -0.25) is 0 Å². The van der Waals surface area contributed by atoms with Gasteiger partial charge in [0.05, 0.1) is 0 Å². The van der Waals surface area contributed by atoms with Crippen LogP contribution < -0.4 is 0 Å². The number of hydrogen-bond donors (Lipinski definition) is 0. The van der Waals surface area contributed by atoms with E-state index in [4.69, 9.17) is 0 Å². The Morgan fingerprint density at radius 3 is 1.44 bits per heavy atom. The molecular weight excluding hydrogens is 124 g/mol. The van der Waals surface area contributed by atoms with Gasteiger partial charge in [0.25, 0.3) is 0 Å². The molecule has 9 heavy (non-hydrogen) atoms. The summed E-state index contributed by atoms with van der Waals surface area (Å²) in [5.41, 5.74) is 1.50. The van der Waals surface area contributed by atoms with E-state index >= 15 is 0 Å². The second-order valence-electron chi connectivity index (χ2n) is 4.40. The summed E-state index contributed by atoms with van der Waals surface area (Å²) < 4.78 is 0. The smallest absolute Gasteiger partial charge is 0.00772 e. The van der Waals surface area contributed by atoms with Gasteiger partial charge in [0.1, 0.15) is 0 Å². The molecule has 0 fully saturated rings. The fourth-order valence-electron chi connectivity index (χ4n) is 1.00. The first-order chi connectivity index (χ1) is 3.85. The molecule has 0 heterocycles. The summed E-state index contributed by atoms with van der Waals surface area (Å²) in [7, 11) is 1.33. The predicted molar refractivity (Wildman–Crippen MR) is 48.0 cm³/mol. The number of rotatable bonds is 1. The van der Waals surface area contributed by atoms with Crippen molar-refractivity contribution in [3.8, 4) is 0 Å². The Balaban J connectivity index is 3.88. The summed E-state index contributed by atoms with van der Waals surface area (Å²) in [6.07, 6.45) is 0. The van der Waals surface area contributed by atoms with E-state index in [1.165, 1.54) is 10.2 Å². The van der Waals surface area contributed by atoms with Crippen molar-refractivity contribution in [3.05, 3.63) is 0 Å². The highest BCUT2D eigenvalue weighted by Gasteiger charge is 2.21. The highest BCUT2D eigenvalue weighted by Crippen LogP contribution is 2.34. The maximum Gasteiger partial charge on any atom is 0.00772 e. The van der Waals surface area contributed by atoms with E-state index in [0.29, 0.717) is 5.41 Å². The molecule has 0 radical (unpaired) electrons. The fourth-order valence-corrected chi connectivity index (χ4v) is 1.00. The first-order valence-corrected chi connectivity index (χ1v) is 5.01. The van der Waals surface area contributed by atoms with Gasteiger partial charge < -0.3 is 0 Å². The summed E-state index contributed by atoms with van der Waals surface area (Å²) in [5.74, 6) is 0.872. The molecule has 0 aromatic carbocycles. The SMILES string of the molecule is CC(C)C([SiH3])C(C)(C)C. The van der Waals surface area contributed by atoms with Crippen LogP contribution in [0.1, 0.15) is 34.6 Å². The molecule has 1 unspecified atom stereocenters. The standard InChI is InChI=1S/C8H20Si/c1-6(2)7(9)8(3,4)5/h6-7H,1-5,9H3. The molecule has 0 spiro atoms. The molecule has 0 saturated heterocycles. The third-order valence-electron chi connectivity index (χ3n) is 2.37. The third-order valence-corrected chi connectivity index (χ3v) is 5.43. The number of hydrogen-bond acceptors (Lipinski definition) is 0. The van der Waals surface area contributed by atoms with Crippen molar-refractivity contribution in [2.45, 2.75) is 40.2 Å². The minimum atomic E-state index is 0.542. The van der Waals surface area contributed by atoms with Crippen LogP contribution in [-0.4, -0.2) is 10.2 Å². The molecule has 0 aliphatic rings. The van der Waals surface area contributed by atoms with Gasteiger partial charge in [-0.05, 0) is 16.9 Å². The van der Waals surface area contributed by atoms with E-state index in [-0.39, 0.29) is 0 Å². The van der Waals surface area contributed by atoms with Crippen LogP contribution in [0, 0.1) is 11.3 Å². The van der Waals surface area contributed by atoms with Crippen LogP contribution in [0.2, 0.25) is 5.54 Å². The van der Waals surface area contributed by atoms with Crippen molar-refractivity contribution in [2.75, 3.05) is 0 Å². The summed E-state index contributed by atoms with van der Waals surface area (Å²) in [6, 6.07) is 0. The lowest BCUT2D eigenvalue weighted by atomic mass is 9.85. The maximum atomic E-state index is 2.34. The molecule has 0 aliphatic carbocycles. The van der Waals surface area contributed by atoms with Crippen LogP contribution >= 0.6 is 0 Å². The van der Waals surface area contributed by atoms with Crippen molar-refractivity contribution < 1.29 is 0 Å². The molecule has 0 nitrogen and oxygen atoms in total. The van der Waals surface area contributed by atoms with Crippen LogP contribution in [0.25, 0.3) is 0 Å². The molecule has 0 N–H and O–H groups in total. The summed E-state index contributed by atoms with van der Waals surface area (Å²) in [5, 5.41) is 0. The zero-order chi connectivity index (χ0) is 7.65. The first kappa shape index (κ1) is 9.22. The summed E-state index contributed by atoms with van der Waals surface area (Å²) in [4.78, 5) is 0. The Morgan fingerprint density at radius 2 is 1.44 bits per heavy atom. The maximum absolute atomic E-state index is 2.34. The highest BCUT2D eigenvalue weighted by molar-refractivity contribution is 6.12. The van der Waals surface area contributed by atoms with Crippen molar-refractivity contribution in [1.82, 2.24) is 0 Å². The Bertz CT molecular complexity index is 79.1. The lowest BCUT2D eigenvalue weighted by Crippen LogP contribution is -2.19. The van der Waals surface area contributed by atoms with E-state index in [0.717, 1.165) is 11.5 Å². The van der Waals surface area contributed by atoms with Crippen LogP contribution in [0.5, 0.6) is 0 Å². The van der Waals surface area contributed by atoms with E-state index in [1.54, 1.807) is 0 Å². The molecule has 1 atom stereocenters. The monoisotopic (exact) mass is 144 g/mol. The van der Waals surface area contributed by atoms with Crippen LogP contribution in [0.3, 0.4) is 0 Å². The first-order valence-electron chi connectivity index (χ1n) is 3.85. The van der Waals surface area contributed by atoms with E-state index in [9.17, 15) is 0 Å². The van der Waals surface area contributed by atoms with E-state index < -0.39 is 0 Å². The normalized spacial score (nSPS) is 16.7. The molecule has 0 amide bonds. The second-order valence-corrected chi connectivity index (χ2v) is 5.64. The van der Waals surface area contributed by atoms with Gasteiger partial charge in [-0.25, -0.2) is 0 Å². The van der Waals surface area contributed by atoms with Gasteiger partial charge in [0.2, 0.25) is 0 Å². The van der Waals surface area contributed by atoms with Crippen molar-refractivity contribution in [2.24, 2.45) is 11.3 Å². The predicted octanol–water partition coefficient (Wildman–Crippen LogP) is 1.84. The minimum Gasteiger partial charge on any atom is -0.0628 e. The molecule has 0 bridgehead atoms. The van der Waals surface area contributed by atoms with Gasteiger partial charge in [-0.1, -0.05) is 34.6 Å². The van der Waals surface area contributed by atoms with Gasteiger partial charge in [-0.2, -0.15) is 0 Å². The van der Waals surface area contributed by atoms with Crippen molar-refractivity contribution in [3.63, 3.8) is 0 Å². The van der Waals surface area contributed by atoms with Gasteiger partial charge >= 0.3 is 0 Å². The molecule has 0 saturated carbocycles. The Labute approximate surface area is 62.5 Å². The Kier molecular flexibility index (Phi) is 2.94. The minimum absolute atomic E-state index is 0.542. The van der Waals surface area contributed by atoms with Crippen molar-refractivity contribution >= 4 is 10.2 Å². The van der Waals surface area contributed by atoms with E-state index in [2.05, 4.69) is 34.6 Å². The topological polar surface area (TPSA) is 0 Å². The molecule has 56 valence electrons. The lowest BCUT2D eigenvalue weighted by molar-refractivity contribution is 0.321. The highest BCUT2D eigenvalue weighted by atomic mass is 28.1. The summed E-state index contributed by atoms with van der Waals surface area (Å²) >= 11 is 0. The van der Waals surface area contributed by atoms with Crippen LogP contribution in [0.4, 0.5) is 0 Å². The zero-order valence-corrected chi connectivity index (χ0v) is 9.65. The summed E-state index contributed by atoms with van der Waals surface area (Å²) in [6.45, 7) is 11.7. The van der Waals surface area contributed by atoms with Gasteiger partial charge in [-0.15, -0.1) is 0 Å². The second kappa shape index (κ2) is 2.87. The molecule has 0 aromatic heterocycles. The van der Waals surface area contributed by atoms with Crippen LogP contribution in [0.15, 0.2) is 0 Å². The van der Waals surface area contributed by atoms with Gasteiger partial charge in [0.15, 0.2) is 0 Å². The lowest BCUT2D eigenvalue weighted by Gasteiger charge is -2.30. The average Bonchev–Trinajstić information content (AvgIpc) is 1.62. The Morgan fingerprint density at radius 1 is 1.11 bits per heavy atom. The molecule has 0 rings (SSSR count). The van der Waals surface area contributed by atoms with Crippen molar-refractivity contribution in [1.29, 1.82) is 0 Å². The van der Waals surface area contributed by atoms with Gasteiger partial charge in [0, 0.05) is 10.2 Å². The largest absolute Gasteiger partial charge is 0.0628 e. The Hall–Kier alpha value is 0.217. The quantitative estimate of drug-likeness (QED) is 0.493. The molecule has 0 aromatic rings. The van der Waals surface area contributed by atoms with E-state index in [1.807, 2.05) is 0 Å². The zero-order valence-electron chi connectivity index (χ0n) is 7.65. The average molecular weight is 144 g/mol. The van der Waals surface area contributed by atoms with Crippen LogP contribution in [-0.2, 0) is 0 Å².